The standard InChI is InChI=1S/C18H33N5O2/c1-3-19-18(22-12-11-20-17(25)15-7-8-15)21-10-9-16(24)23-13-5-4-6-14(23)2/h14-15H,3-13H2,1-2H3,(H,20,25)(H2,19,21,22). The summed E-state index contributed by atoms with van der Waals surface area (Å²) in [6.45, 7) is 7.46. The SMILES string of the molecule is CCNC(=NCCC(=O)N1CCCCC1C)NCCNC(=O)C1CC1. The first-order valence-corrected chi connectivity index (χ1v) is 9.71. The van der Waals surface area contributed by atoms with Crippen LogP contribution in [0.4, 0.5) is 0 Å². The maximum absolute atomic E-state index is 12.3. The molecule has 0 aromatic heterocycles. The van der Waals surface area contributed by atoms with E-state index in [-0.39, 0.29) is 17.7 Å². The fourth-order valence-corrected chi connectivity index (χ4v) is 3.07. The molecule has 2 rings (SSSR count). The molecule has 0 aromatic rings. The van der Waals surface area contributed by atoms with Gasteiger partial charge < -0.3 is 20.9 Å². The van der Waals surface area contributed by atoms with Crippen molar-refractivity contribution in [1.82, 2.24) is 20.9 Å². The quantitative estimate of drug-likeness (QED) is 0.344. The van der Waals surface area contributed by atoms with Crippen LogP contribution >= 0.6 is 0 Å². The molecule has 2 fully saturated rings. The predicted octanol–water partition coefficient (Wildman–Crippen LogP) is 0.859. The Morgan fingerprint density at radius 2 is 1.84 bits per heavy atom. The predicted molar refractivity (Wildman–Crippen MR) is 99.4 cm³/mol. The lowest BCUT2D eigenvalue weighted by atomic mass is 10.0. The van der Waals surface area contributed by atoms with Crippen LogP contribution in [0.25, 0.3) is 0 Å². The van der Waals surface area contributed by atoms with E-state index in [1.54, 1.807) is 0 Å². The van der Waals surface area contributed by atoms with Crippen LogP contribution in [0.5, 0.6) is 0 Å². The average molecular weight is 351 g/mol. The largest absolute Gasteiger partial charge is 0.357 e. The Balaban J connectivity index is 1.66. The topological polar surface area (TPSA) is 85.8 Å². The molecule has 1 saturated heterocycles. The maximum Gasteiger partial charge on any atom is 0.224 e. The van der Waals surface area contributed by atoms with Gasteiger partial charge >= 0.3 is 0 Å². The summed E-state index contributed by atoms with van der Waals surface area (Å²) in [6, 6.07) is 0.353. The molecule has 142 valence electrons. The number of likely N-dealkylation sites (tertiary alicyclic amines) is 1. The molecule has 1 unspecified atom stereocenters. The molecule has 2 aliphatic rings. The van der Waals surface area contributed by atoms with E-state index in [4.69, 9.17) is 0 Å². The summed E-state index contributed by atoms with van der Waals surface area (Å²) in [6.07, 6.45) is 5.91. The lowest BCUT2D eigenvalue weighted by molar-refractivity contribution is -0.134. The van der Waals surface area contributed by atoms with Gasteiger partial charge in [-0.05, 0) is 46.0 Å². The molecule has 2 amide bonds. The van der Waals surface area contributed by atoms with Gasteiger partial charge in [0.05, 0.1) is 6.54 Å². The Hall–Kier alpha value is -1.79. The molecule has 1 atom stereocenters. The fourth-order valence-electron chi connectivity index (χ4n) is 3.07. The third kappa shape index (κ3) is 6.92. The first-order chi connectivity index (χ1) is 12.1. The highest BCUT2D eigenvalue weighted by Crippen LogP contribution is 2.28. The minimum Gasteiger partial charge on any atom is -0.357 e. The molecule has 1 aliphatic carbocycles. The van der Waals surface area contributed by atoms with Crippen molar-refractivity contribution < 1.29 is 9.59 Å². The number of aliphatic imine (C=N–C) groups is 1. The van der Waals surface area contributed by atoms with E-state index >= 15 is 0 Å². The number of guanidine groups is 1. The molecular weight excluding hydrogens is 318 g/mol. The smallest absolute Gasteiger partial charge is 0.224 e. The van der Waals surface area contributed by atoms with E-state index in [0.29, 0.717) is 38.1 Å². The van der Waals surface area contributed by atoms with E-state index in [0.717, 1.165) is 38.8 Å². The zero-order valence-electron chi connectivity index (χ0n) is 15.6. The number of amides is 2. The number of carbonyl (C=O) groups excluding carboxylic acids is 2. The average Bonchev–Trinajstić information content (AvgIpc) is 3.43. The summed E-state index contributed by atoms with van der Waals surface area (Å²) in [4.78, 5) is 30.4. The molecule has 0 radical (unpaired) electrons. The molecule has 7 nitrogen and oxygen atoms in total. The zero-order chi connectivity index (χ0) is 18.1. The maximum atomic E-state index is 12.3. The van der Waals surface area contributed by atoms with E-state index in [1.807, 2.05) is 11.8 Å². The van der Waals surface area contributed by atoms with Gasteiger partial charge in [-0.3, -0.25) is 14.6 Å². The number of nitrogens with one attached hydrogen (secondary N) is 3. The van der Waals surface area contributed by atoms with Crippen LogP contribution in [0.2, 0.25) is 0 Å². The number of nitrogens with zero attached hydrogens (tertiary/aromatic N) is 2. The van der Waals surface area contributed by atoms with Gasteiger partial charge in [0.2, 0.25) is 11.8 Å². The molecule has 7 heteroatoms. The lowest BCUT2D eigenvalue weighted by Crippen LogP contribution is -2.43. The summed E-state index contributed by atoms with van der Waals surface area (Å²) in [5, 5.41) is 9.29. The first kappa shape index (κ1) is 19.5. The van der Waals surface area contributed by atoms with Crippen LogP contribution in [-0.2, 0) is 9.59 Å². The Labute approximate surface area is 151 Å². The van der Waals surface area contributed by atoms with Crippen molar-refractivity contribution in [3.05, 3.63) is 0 Å². The molecule has 0 bridgehead atoms. The summed E-state index contributed by atoms with van der Waals surface area (Å²) in [5.74, 6) is 1.29. The number of carbonyl (C=O) groups is 2. The Morgan fingerprint density at radius 3 is 2.52 bits per heavy atom. The summed E-state index contributed by atoms with van der Waals surface area (Å²) >= 11 is 0. The molecule has 25 heavy (non-hydrogen) atoms. The van der Waals surface area contributed by atoms with E-state index in [1.165, 1.54) is 6.42 Å². The van der Waals surface area contributed by atoms with Gasteiger partial charge in [0.15, 0.2) is 5.96 Å². The van der Waals surface area contributed by atoms with Crippen molar-refractivity contribution in [3.63, 3.8) is 0 Å². The van der Waals surface area contributed by atoms with Gasteiger partial charge in [0.1, 0.15) is 0 Å². The minimum atomic E-state index is 0.157. The molecule has 1 saturated carbocycles. The van der Waals surface area contributed by atoms with Gasteiger partial charge in [0.25, 0.3) is 0 Å². The number of rotatable bonds is 8. The van der Waals surface area contributed by atoms with Crippen LogP contribution in [0.15, 0.2) is 4.99 Å². The lowest BCUT2D eigenvalue weighted by Gasteiger charge is -2.33. The van der Waals surface area contributed by atoms with Crippen molar-refractivity contribution in [3.8, 4) is 0 Å². The second-order valence-corrected chi connectivity index (χ2v) is 6.93. The number of hydrogen-bond donors (Lipinski definition) is 3. The zero-order valence-corrected chi connectivity index (χ0v) is 15.6. The normalized spacial score (nSPS) is 21.0. The van der Waals surface area contributed by atoms with E-state index in [9.17, 15) is 9.59 Å². The molecule has 0 aromatic carbocycles. The molecule has 1 aliphatic heterocycles. The van der Waals surface area contributed by atoms with E-state index < -0.39 is 0 Å². The molecular formula is C18H33N5O2. The molecule has 1 heterocycles. The molecule has 0 spiro atoms. The number of piperidine rings is 1. The van der Waals surface area contributed by atoms with Crippen LogP contribution in [0.1, 0.15) is 52.4 Å². The highest BCUT2D eigenvalue weighted by molar-refractivity contribution is 5.82. The van der Waals surface area contributed by atoms with Crippen molar-refractivity contribution in [2.45, 2.75) is 58.4 Å². The van der Waals surface area contributed by atoms with Crippen LogP contribution in [0, 0.1) is 5.92 Å². The summed E-state index contributed by atoms with van der Waals surface area (Å²) in [7, 11) is 0. The second kappa shape index (κ2) is 10.3. The van der Waals surface area contributed by atoms with Gasteiger partial charge in [0, 0.05) is 44.6 Å². The van der Waals surface area contributed by atoms with Gasteiger partial charge in [-0.2, -0.15) is 0 Å². The first-order valence-electron chi connectivity index (χ1n) is 9.71. The number of hydrogen-bond acceptors (Lipinski definition) is 3. The monoisotopic (exact) mass is 351 g/mol. The molecule has 3 N–H and O–H groups in total. The summed E-state index contributed by atoms with van der Waals surface area (Å²) < 4.78 is 0. The van der Waals surface area contributed by atoms with Crippen molar-refractivity contribution in [2.24, 2.45) is 10.9 Å². The van der Waals surface area contributed by atoms with Crippen LogP contribution < -0.4 is 16.0 Å². The van der Waals surface area contributed by atoms with Crippen LogP contribution in [-0.4, -0.2) is 61.4 Å². The highest BCUT2D eigenvalue weighted by Gasteiger charge is 2.29. The van der Waals surface area contributed by atoms with Crippen molar-refractivity contribution >= 4 is 17.8 Å². The van der Waals surface area contributed by atoms with Gasteiger partial charge in [-0.1, -0.05) is 0 Å². The third-order valence-electron chi connectivity index (χ3n) is 4.73. The van der Waals surface area contributed by atoms with Gasteiger partial charge in [-0.15, -0.1) is 0 Å². The summed E-state index contributed by atoms with van der Waals surface area (Å²) in [5.41, 5.74) is 0. The van der Waals surface area contributed by atoms with Crippen molar-refractivity contribution in [1.29, 1.82) is 0 Å². The highest BCUT2D eigenvalue weighted by atomic mass is 16.2. The van der Waals surface area contributed by atoms with Crippen molar-refractivity contribution in [2.75, 3.05) is 32.7 Å². The van der Waals surface area contributed by atoms with E-state index in [2.05, 4.69) is 27.9 Å². The fraction of sp³-hybridized carbons (Fsp3) is 0.833. The Bertz CT molecular complexity index is 476. The Morgan fingerprint density at radius 1 is 1.08 bits per heavy atom. The minimum absolute atomic E-state index is 0.157. The Kier molecular flexibility index (Phi) is 8.01. The third-order valence-corrected chi connectivity index (χ3v) is 4.73. The second-order valence-electron chi connectivity index (χ2n) is 6.93. The van der Waals surface area contributed by atoms with Crippen LogP contribution in [0.3, 0.4) is 0 Å². The van der Waals surface area contributed by atoms with Gasteiger partial charge in [-0.25, -0.2) is 0 Å².